The molecule has 26 heavy (non-hydrogen) atoms. The van der Waals surface area contributed by atoms with Crippen LogP contribution in [0.1, 0.15) is 22.3 Å². The Hall–Kier alpha value is -2.83. The Labute approximate surface area is 158 Å². The summed E-state index contributed by atoms with van der Waals surface area (Å²) in [4.78, 5) is 0. The minimum atomic E-state index is -0.320. The van der Waals surface area contributed by atoms with E-state index in [0.717, 1.165) is 5.02 Å². The highest BCUT2D eigenvalue weighted by Gasteiger charge is 2.45. The van der Waals surface area contributed by atoms with Gasteiger partial charge in [-0.25, -0.2) is 0 Å². The molecule has 0 amide bonds. The first kappa shape index (κ1) is 15.4. The van der Waals surface area contributed by atoms with Gasteiger partial charge in [0.2, 0.25) is 0 Å². The zero-order valence-electron chi connectivity index (χ0n) is 14.2. The van der Waals surface area contributed by atoms with Crippen molar-refractivity contribution in [1.29, 1.82) is 0 Å². The van der Waals surface area contributed by atoms with E-state index in [1.807, 2.05) is 6.07 Å². The van der Waals surface area contributed by atoms with Crippen LogP contribution in [0, 0.1) is 0 Å². The summed E-state index contributed by atoms with van der Waals surface area (Å²) in [6.07, 6.45) is 0. The number of rotatable bonds is 2. The minimum Gasteiger partial charge on any atom is -0.0843 e. The summed E-state index contributed by atoms with van der Waals surface area (Å²) >= 11 is 6.38. The smallest absolute Gasteiger partial charge is 0.0713 e. The van der Waals surface area contributed by atoms with E-state index >= 15 is 0 Å². The number of hydrogen-bond acceptors (Lipinski definition) is 0. The van der Waals surface area contributed by atoms with Gasteiger partial charge in [-0.3, -0.25) is 0 Å². The van der Waals surface area contributed by atoms with E-state index in [9.17, 15) is 0 Å². The molecule has 0 unspecified atom stereocenters. The Balaban J connectivity index is 1.98. The first-order valence-corrected chi connectivity index (χ1v) is 9.20. The summed E-state index contributed by atoms with van der Waals surface area (Å²) < 4.78 is 0. The fourth-order valence-corrected chi connectivity index (χ4v) is 4.59. The molecular weight excluding hydrogens is 336 g/mol. The molecule has 0 heterocycles. The lowest BCUT2D eigenvalue weighted by Gasteiger charge is -2.33. The molecule has 0 nitrogen and oxygen atoms in total. The van der Waals surface area contributed by atoms with Crippen LogP contribution in [0.2, 0.25) is 5.02 Å². The second kappa shape index (κ2) is 5.86. The van der Waals surface area contributed by atoms with Gasteiger partial charge in [-0.1, -0.05) is 103 Å². The topological polar surface area (TPSA) is 0 Å². The number of hydrogen-bond donors (Lipinski definition) is 0. The lowest BCUT2D eigenvalue weighted by molar-refractivity contribution is 0.768. The lowest BCUT2D eigenvalue weighted by atomic mass is 9.68. The molecule has 4 aromatic rings. The monoisotopic (exact) mass is 352 g/mol. The first-order valence-electron chi connectivity index (χ1n) is 8.83. The van der Waals surface area contributed by atoms with E-state index in [-0.39, 0.29) is 5.41 Å². The SMILES string of the molecule is Clc1ccc2c(c1)-c1ccccc1C2(c1ccccc1)c1ccccc1. The first-order chi connectivity index (χ1) is 12.8. The van der Waals surface area contributed by atoms with Crippen molar-refractivity contribution in [3.8, 4) is 11.1 Å². The quantitative estimate of drug-likeness (QED) is 0.331. The van der Waals surface area contributed by atoms with Gasteiger partial charge in [-0.2, -0.15) is 0 Å². The molecule has 0 bridgehead atoms. The maximum absolute atomic E-state index is 6.38. The second-order valence-electron chi connectivity index (χ2n) is 6.72. The summed E-state index contributed by atoms with van der Waals surface area (Å²) in [5.74, 6) is 0. The van der Waals surface area contributed by atoms with Crippen molar-refractivity contribution in [3.63, 3.8) is 0 Å². The third-order valence-corrected chi connectivity index (χ3v) is 5.66. The van der Waals surface area contributed by atoms with Crippen LogP contribution in [0.15, 0.2) is 103 Å². The molecule has 1 aliphatic rings. The summed E-state index contributed by atoms with van der Waals surface area (Å²) in [6.45, 7) is 0. The van der Waals surface area contributed by atoms with Crippen molar-refractivity contribution in [2.24, 2.45) is 0 Å². The van der Waals surface area contributed by atoms with E-state index in [1.165, 1.54) is 33.4 Å². The Bertz CT molecular complexity index is 1040. The van der Waals surface area contributed by atoms with Gasteiger partial charge in [-0.15, -0.1) is 0 Å². The number of fused-ring (bicyclic) bond motifs is 3. The van der Waals surface area contributed by atoms with Gasteiger partial charge < -0.3 is 0 Å². The van der Waals surface area contributed by atoms with Crippen LogP contribution in [0.3, 0.4) is 0 Å². The molecule has 124 valence electrons. The Morgan fingerprint density at radius 1 is 0.500 bits per heavy atom. The average Bonchev–Trinajstić information content (AvgIpc) is 3.00. The third kappa shape index (κ3) is 2.03. The maximum atomic E-state index is 6.38. The van der Waals surface area contributed by atoms with Gasteiger partial charge in [0.1, 0.15) is 0 Å². The van der Waals surface area contributed by atoms with Crippen LogP contribution >= 0.6 is 11.6 Å². The van der Waals surface area contributed by atoms with Crippen molar-refractivity contribution in [2.45, 2.75) is 5.41 Å². The molecule has 1 aliphatic carbocycles. The second-order valence-corrected chi connectivity index (χ2v) is 7.15. The lowest BCUT2D eigenvalue weighted by Crippen LogP contribution is -2.28. The van der Waals surface area contributed by atoms with E-state index in [4.69, 9.17) is 11.6 Å². The zero-order valence-corrected chi connectivity index (χ0v) is 14.9. The largest absolute Gasteiger partial charge is 0.0843 e. The molecule has 0 spiro atoms. The van der Waals surface area contributed by atoms with Crippen LogP contribution < -0.4 is 0 Å². The minimum absolute atomic E-state index is 0.320. The van der Waals surface area contributed by atoms with Gasteiger partial charge >= 0.3 is 0 Å². The van der Waals surface area contributed by atoms with Gasteiger partial charge in [0.15, 0.2) is 0 Å². The van der Waals surface area contributed by atoms with Crippen LogP contribution in [0.5, 0.6) is 0 Å². The maximum Gasteiger partial charge on any atom is 0.0713 e. The normalized spacial score (nSPS) is 13.9. The predicted molar refractivity (Wildman–Crippen MR) is 109 cm³/mol. The van der Waals surface area contributed by atoms with E-state index in [1.54, 1.807) is 0 Å². The number of benzene rings is 4. The Morgan fingerprint density at radius 3 is 1.69 bits per heavy atom. The highest BCUT2D eigenvalue weighted by atomic mass is 35.5. The third-order valence-electron chi connectivity index (χ3n) is 5.42. The highest BCUT2D eigenvalue weighted by molar-refractivity contribution is 6.31. The molecule has 0 saturated heterocycles. The molecule has 0 N–H and O–H groups in total. The average molecular weight is 353 g/mol. The Morgan fingerprint density at radius 2 is 1.04 bits per heavy atom. The van der Waals surface area contributed by atoms with Crippen LogP contribution in [0.25, 0.3) is 11.1 Å². The van der Waals surface area contributed by atoms with Gasteiger partial charge in [0, 0.05) is 5.02 Å². The predicted octanol–water partition coefficient (Wildman–Crippen LogP) is 6.70. The molecule has 0 aromatic heterocycles. The van der Waals surface area contributed by atoms with Crippen molar-refractivity contribution in [3.05, 3.63) is 130 Å². The van der Waals surface area contributed by atoms with Gasteiger partial charge in [-0.05, 0) is 45.5 Å². The molecule has 0 aliphatic heterocycles. The van der Waals surface area contributed by atoms with Crippen molar-refractivity contribution < 1.29 is 0 Å². The highest BCUT2D eigenvalue weighted by Crippen LogP contribution is 2.56. The molecule has 4 aromatic carbocycles. The summed E-state index contributed by atoms with van der Waals surface area (Å²) in [6, 6.07) is 36.6. The fourth-order valence-electron chi connectivity index (χ4n) is 4.42. The molecule has 0 radical (unpaired) electrons. The molecule has 0 fully saturated rings. The zero-order chi connectivity index (χ0) is 17.6. The van der Waals surface area contributed by atoms with Crippen LogP contribution in [-0.2, 0) is 5.41 Å². The molecule has 1 heteroatoms. The van der Waals surface area contributed by atoms with Crippen molar-refractivity contribution >= 4 is 11.6 Å². The fraction of sp³-hybridized carbons (Fsp3) is 0.0400. The molecular formula is C25H17Cl. The van der Waals surface area contributed by atoms with Crippen molar-refractivity contribution in [1.82, 2.24) is 0 Å². The van der Waals surface area contributed by atoms with Crippen LogP contribution in [-0.4, -0.2) is 0 Å². The molecule has 0 saturated carbocycles. The van der Waals surface area contributed by atoms with E-state index in [2.05, 4.69) is 97.1 Å². The summed E-state index contributed by atoms with van der Waals surface area (Å²) in [5.41, 5.74) is 7.33. The standard InChI is InChI=1S/C25H17Cl/c26-20-15-16-24-22(17-20)21-13-7-8-14-23(21)25(24,18-9-3-1-4-10-18)19-11-5-2-6-12-19/h1-17H. The van der Waals surface area contributed by atoms with Crippen LogP contribution in [0.4, 0.5) is 0 Å². The summed E-state index contributed by atoms with van der Waals surface area (Å²) in [5, 5.41) is 0.774. The van der Waals surface area contributed by atoms with E-state index < -0.39 is 0 Å². The Kier molecular flexibility index (Phi) is 3.48. The van der Waals surface area contributed by atoms with E-state index in [0.29, 0.717) is 0 Å². The molecule has 0 atom stereocenters. The van der Waals surface area contributed by atoms with Gasteiger partial charge in [0.05, 0.1) is 5.41 Å². The van der Waals surface area contributed by atoms with Gasteiger partial charge in [0.25, 0.3) is 0 Å². The number of halogens is 1. The molecule has 5 rings (SSSR count). The summed E-state index contributed by atoms with van der Waals surface area (Å²) in [7, 11) is 0. The van der Waals surface area contributed by atoms with Crippen molar-refractivity contribution in [2.75, 3.05) is 0 Å².